The highest BCUT2D eigenvalue weighted by Gasteiger charge is 2.47. The number of phosphoric ester groups is 1. The van der Waals surface area contributed by atoms with E-state index in [4.69, 9.17) is 20.2 Å². The maximum absolute atomic E-state index is 12.1. The highest BCUT2D eigenvalue weighted by atomic mass is 31.2. The molecule has 2 aromatic rings. The Hall–Kier alpha value is -1.86. The van der Waals surface area contributed by atoms with E-state index in [1.165, 1.54) is 0 Å². The topological polar surface area (TPSA) is 195 Å². The fourth-order valence-corrected chi connectivity index (χ4v) is 2.92. The molecule has 3 rings (SSSR count). The van der Waals surface area contributed by atoms with Gasteiger partial charge < -0.3 is 30.4 Å². The van der Waals surface area contributed by atoms with Crippen molar-refractivity contribution < 1.29 is 38.7 Å². The summed E-state index contributed by atoms with van der Waals surface area (Å²) in [7, 11) is -4.81. The summed E-state index contributed by atoms with van der Waals surface area (Å²) >= 11 is 0. The van der Waals surface area contributed by atoms with E-state index < -0.39 is 39.0 Å². The van der Waals surface area contributed by atoms with Gasteiger partial charge in [-0.3, -0.25) is 4.89 Å². The number of nitrogen functional groups attached to an aromatic ring is 1. The van der Waals surface area contributed by atoms with Gasteiger partial charge in [0, 0.05) is 0 Å². The van der Waals surface area contributed by atoms with Crippen LogP contribution in [-0.4, -0.2) is 71.1 Å². The number of ether oxygens (including phenoxy) is 1. The van der Waals surface area contributed by atoms with Crippen LogP contribution >= 0.6 is 7.82 Å². The number of phosphoric acid groups is 1. The maximum atomic E-state index is 12.1. The molecular weight excluding hydrogens is 349 g/mol. The summed E-state index contributed by atoms with van der Waals surface area (Å²) in [6.07, 6.45) is -3.84. The van der Waals surface area contributed by atoms with E-state index in [9.17, 15) is 19.7 Å². The van der Waals surface area contributed by atoms with Crippen LogP contribution in [0.5, 0.6) is 0 Å². The molecule has 3 heterocycles. The van der Waals surface area contributed by atoms with Crippen molar-refractivity contribution in [2.45, 2.75) is 24.6 Å². The van der Waals surface area contributed by atoms with Gasteiger partial charge in [0.05, 0.1) is 6.61 Å². The zero-order valence-electron chi connectivity index (χ0n) is 11.9. The van der Waals surface area contributed by atoms with Crippen molar-refractivity contribution in [3.8, 4) is 0 Å². The summed E-state index contributed by atoms with van der Waals surface area (Å²) in [5.74, 6) is 0.0412. The van der Waals surface area contributed by atoms with Crippen LogP contribution in [0, 0.1) is 0 Å². The molecule has 13 nitrogen and oxygen atoms in total. The molecule has 0 saturated carbocycles. The number of fused-ring (bicyclic) bond motifs is 1. The number of aromatic nitrogens is 4. The molecule has 14 heteroatoms. The Morgan fingerprint density at radius 3 is 2.75 bits per heavy atom. The number of hydrogen-bond acceptors (Lipinski definition) is 11. The van der Waals surface area contributed by atoms with Gasteiger partial charge in [-0.15, -0.1) is 4.73 Å². The van der Waals surface area contributed by atoms with Crippen molar-refractivity contribution in [3.05, 3.63) is 12.7 Å². The molecule has 0 aromatic carbocycles. The van der Waals surface area contributed by atoms with Gasteiger partial charge in [0.15, 0.2) is 17.6 Å². The van der Waals surface area contributed by atoms with Gasteiger partial charge in [-0.2, -0.15) is 0 Å². The molecule has 1 saturated heterocycles. The second-order valence-corrected chi connectivity index (χ2v) is 6.18. The molecule has 0 amide bonds. The number of aliphatic hydroxyl groups excluding tert-OH is 3. The lowest BCUT2D eigenvalue weighted by Crippen LogP contribution is -2.34. The largest absolute Gasteiger partial charge is 0.549 e. The molecule has 1 fully saturated rings. The van der Waals surface area contributed by atoms with E-state index in [1.54, 1.807) is 0 Å². The van der Waals surface area contributed by atoms with Crippen LogP contribution in [-0.2, 0) is 13.8 Å². The predicted octanol–water partition coefficient (Wildman–Crippen LogP) is -2.61. The van der Waals surface area contributed by atoms with E-state index in [2.05, 4.69) is 19.5 Å². The van der Waals surface area contributed by atoms with E-state index in [-0.39, 0.29) is 17.0 Å². The lowest BCUT2D eigenvalue weighted by molar-refractivity contribution is -0.128. The highest BCUT2D eigenvalue weighted by Crippen LogP contribution is 2.44. The zero-order valence-corrected chi connectivity index (χ0v) is 12.8. The van der Waals surface area contributed by atoms with Crippen LogP contribution in [0.2, 0.25) is 0 Å². The minimum atomic E-state index is -4.81. The monoisotopic (exact) mass is 363 g/mol. The second-order valence-electron chi connectivity index (χ2n) is 4.86. The first-order valence-corrected chi connectivity index (χ1v) is 8.09. The number of imidazole rings is 1. The minimum Gasteiger partial charge on any atom is -0.394 e. The van der Waals surface area contributed by atoms with Crippen molar-refractivity contribution in [1.29, 1.82) is 0 Å². The first-order valence-electron chi connectivity index (χ1n) is 6.59. The zero-order chi connectivity index (χ0) is 17.5. The Morgan fingerprint density at radius 1 is 1.33 bits per heavy atom. The maximum Gasteiger partial charge on any atom is 0.549 e. The summed E-state index contributed by atoms with van der Waals surface area (Å²) in [5.41, 5.74) is 5.74. The fraction of sp³-hybridized carbons (Fsp3) is 0.500. The molecule has 6 N–H and O–H groups in total. The molecule has 1 aliphatic heterocycles. The van der Waals surface area contributed by atoms with Gasteiger partial charge in [0.2, 0.25) is 5.65 Å². The standard InChI is InChI=1S/C10H14N5O8P/c11-8-5-9(13-2-12-8)15(3-14-5)23-24(19,20)22-10-7(18)6(17)4(1-16)21-10/h2-4,6-7,10,16-18H,1H2,(H,19,20)(H2,11,12,13)/t4-,6-,7-,10?/m1/s1. The number of hydrogen-bond donors (Lipinski definition) is 5. The Balaban J connectivity index is 1.76. The first-order chi connectivity index (χ1) is 11.3. The summed E-state index contributed by atoms with van der Waals surface area (Å²) in [4.78, 5) is 21.1. The Kier molecular flexibility index (Phi) is 4.40. The van der Waals surface area contributed by atoms with Crippen molar-refractivity contribution in [1.82, 2.24) is 19.7 Å². The molecule has 24 heavy (non-hydrogen) atoms. The number of nitrogens with two attached hydrogens (primary N) is 1. The van der Waals surface area contributed by atoms with Crippen molar-refractivity contribution in [3.63, 3.8) is 0 Å². The number of rotatable bonds is 5. The summed E-state index contributed by atoms with van der Waals surface area (Å²) < 4.78 is 27.2. The lowest BCUT2D eigenvalue weighted by atomic mass is 10.1. The van der Waals surface area contributed by atoms with Gasteiger partial charge in [0.1, 0.15) is 31.0 Å². The third kappa shape index (κ3) is 3.06. The van der Waals surface area contributed by atoms with Gasteiger partial charge in [-0.1, -0.05) is 0 Å². The third-order valence-electron chi connectivity index (χ3n) is 3.26. The fourth-order valence-electron chi connectivity index (χ4n) is 2.11. The van der Waals surface area contributed by atoms with Crippen LogP contribution in [0.25, 0.3) is 11.2 Å². The van der Waals surface area contributed by atoms with Crippen LogP contribution in [0.15, 0.2) is 12.7 Å². The lowest BCUT2D eigenvalue weighted by Gasteiger charge is -2.19. The predicted molar refractivity (Wildman–Crippen MR) is 75.0 cm³/mol. The molecule has 132 valence electrons. The number of aliphatic hydroxyl groups is 3. The molecule has 2 aromatic heterocycles. The molecule has 0 radical (unpaired) electrons. The van der Waals surface area contributed by atoms with Crippen LogP contribution in [0.4, 0.5) is 5.82 Å². The van der Waals surface area contributed by atoms with E-state index in [0.29, 0.717) is 0 Å². The second kappa shape index (κ2) is 6.22. The van der Waals surface area contributed by atoms with Gasteiger partial charge in [0.25, 0.3) is 0 Å². The first kappa shape index (κ1) is 17.0. The Bertz CT molecular complexity index is 786. The minimum absolute atomic E-state index is 0.0153. The number of nitrogens with zero attached hydrogens (tertiary/aromatic N) is 4. The van der Waals surface area contributed by atoms with E-state index in [0.717, 1.165) is 17.4 Å². The average molecular weight is 363 g/mol. The molecule has 5 atom stereocenters. The molecular formula is C10H14N5O8P. The quantitative estimate of drug-likeness (QED) is 0.348. The normalized spacial score (nSPS) is 29.7. The van der Waals surface area contributed by atoms with E-state index >= 15 is 0 Å². The molecule has 0 aliphatic carbocycles. The SMILES string of the molecule is Nc1ncnc2c1ncn2OP(=O)(O)OC1O[C@H](CO)[C@@H](O)[C@H]1O. The van der Waals surface area contributed by atoms with Gasteiger partial charge >= 0.3 is 7.82 Å². The van der Waals surface area contributed by atoms with Crippen LogP contribution in [0.1, 0.15) is 0 Å². The van der Waals surface area contributed by atoms with Gasteiger partial charge in [-0.05, 0) is 0 Å². The smallest absolute Gasteiger partial charge is 0.394 e. The average Bonchev–Trinajstić information content (AvgIpc) is 3.04. The van der Waals surface area contributed by atoms with Crippen LogP contribution < -0.4 is 10.4 Å². The number of anilines is 1. The van der Waals surface area contributed by atoms with Crippen molar-refractivity contribution >= 4 is 24.8 Å². The Labute approximate surface area is 133 Å². The van der Waals surface area contributed by atoms with Crippen molar-refractivity contribution in [2.24, 2.45) is 0 Å². The Morgan fingerprint density at radius 2 is 2.08 bits per heavy atom. The summed E-state index contributed by atoms with van der Waals surface area (Å²) in [5, 5.41) is 28.3. The molecule has 2 unspecified atom stereocenters. The molecule has 0 spiro atoms. The van der Waals surface area contributed by atoms with Crippen molar-refractivity contribution in [2.75, 3.05) is 12.3 Å². The highest BCUT2D eigenvalue weighted by molar-refractivity contribution is 7.47. The third-order valence-corrected chi connectivity index (χ3v) is 4.12. The van der Waals surface area contributed by atoms with Gasteiger partial charge in [-0.25, -0.2) is 24.0 Å². The van der Waals surface area contributed by atoms with E-state index in [1.807, 2.05) is 0 Å². The van der Waals surface area contributed by atoms with Crippen LogP contribution in [0.3, 0.4) is 0 Å². The molecule has 1 aliphatic rings. The summed E-state index contributed by atoms with van der Waals surface area (Å²) in [6, 6.07) is 0. The summed E-state index contributed by atoms with van der Waals surface area (Å²) in [6.45, 7) is -0.614. The molecule has 0 bridgehead atoms.